The lowest BCUT2D eigenvalue weighted by Crippen LogP contribution is -2.23. The number of carboxylic acids is 1. The minimum atomic E-state index is -1.18. The average Bonchev–Trinajstić information content (AvgIpc) is 2.62. The van der Waals surface area contributed by atoms with E-state index in [4.69, 9.17) is 34.6 Å². The first-order valence-corrected chi connectivity index (χ1v) is 6.86. The zero-order valence-electron chi connectivity index (χ0n) is 13.4. The molecule has 9 nitrogen and oxygen atoms in total. The molecule has 0 saturated carbocycles. The lowest BCUT2D eigenvalue weighted by Gasteiger charge is -2.13. The van der Waals surface area contributed by atoms with Crippen molar-refractivity contribution < 1.29 is 44.2 Å². The SMILES string of the molecule is COC(COC(=O)c1ccccc1C(=O)O)OC.OCC(O)CO. The number of benzene rings is 1. The van der Waals surface area contributed by atoms with Crippen molar-refractivity contribution in [3.8, 4) is 0 Å². The first-order valence-electron chi connectivity index (χ1n) is 6.86. The van der Waals surface area contributed by atoms with E-state index in [0.29, 0.717) is 0 Å². The van der Waals surface area contributed by atoms with Gasteiger partial charge in [-0.15, -0.1) is 0 Å². The molecular weight excluding hydrogens is 324 g/mol. The highest BCUT2D eigenvalue weighted by Crippen LogP contribution is 2.10. The molecule has 9 heteroatoms. The zero-order valence-corrected chi connectivity index (χ0v) is 13.4. The number of carbonyl (C=O) groups excluding carboxylic acids is 1. The zero-order chi connectivity index (χ0) is 18.5. The second kappa shape index (κ2) is 12.4. The first kappa shape index (κ1) is 22.0. The number of hydrogen-bond donors (Lipinski definition) is 4. The van der Waals surface area contributed by atoms with Gasteiger partial charge in [-0.3, -0.25) is 0 Å². The Balaban J connectivity index is 0.000000754. The van der Waals surface area contributed by atoms with Crippen molar-refractivity contribution >= 4 is 11.9 Å². The van der Waals surface area contributed by atoms with Gasteiger partial charge in [0.15, 0.2) is 6.29 Å². The van der Waals surface area contributed by atoms with Gasteiger partial charge in [-0.25, -0.2) is 9.59 Å². The minimum absolute atomic E-state index is 0.00374. The van der Waals surface area contributed by atoms with Crippen LogP contribution < -0.4 is 0 Å². The van der Waals surface area contributed by atoms with Gasteiger partial charge in [0.25, 0.3) is 0 Å². The molecule has 0 radical (unpaired) electrons. The summed E-state index contributed by atoms with van der Waals surface area (Å²) in [4.78, 5) is 22.6. The predicted octanol–water partition coefficient (Wildman–Crippen LogP) is -0.508. The number of aromatic carboxylic acids is 1. The van der Waals surface area contributed by atoms with Crippen molar-refractivity contribution in [2.45, 2.75) is 12.4 Å². The third-order valence-electron chi connectivity index (χ3n) is 2.68. The Morgan fingerprint density at radius 1 is 1.04 bits per heavy atom. The van der Waals surface area contributed by atoms with E-state index >= 15 is 0 Å². The number of carboxylic acid groups (broad SMARTS) is 1. The van der Waals surface area contributed by atoms with Gasteiger partial charge in [0, 0.05) is 14.2 Å². The van der Waals surface area contributed by atoms with Gasteiger partial charge in [0.2, 0.25) is 0 Å². The number of methoxy groups -OCH3 is 2. The molecule has 136 valence electrons. The third kappa shape index (κ3) is 7.99. The number of rotatable bonds is 8. The van der Waals surface area contributed by atoms with Crippen molar-refractivity contribution in [1.82, 2.24) is 0 Å². The number of carbonyl (C=O) groups is 2. The molecule has 1 aromatic rings. The molecule has 0 spiro atoms. The highest BCUT2D eigenvalue weighted by atomic mass is 16.7. The second-order valence-corrected chi connectivity index (χ2v) is 4.37. The molecule has 0 aliphatic carbocycles. The molecule has 0 saturated heterocycles. The topological polar surface area (TPSA) is 143 Å². The predicted molar refractivity (Wildman–Crippen MR) is 81.7 cm³/mol. The van der Waals surface area contributed by atoms with Crippen LogP contribution in [0.25, 0.3) is 0 Å². The van der Waals surface area contributed by atoms with Crippen LogP contribution >= 0.6 is 0 Å². The summed E-state index contributed by atoms with van der Waals surface area (Å²) in [5.41, 5.74) is -0.107. The molecule has 1 aromatic carbocycles. The number of aliphatic hydroxyl groups is 3. The summed E-state index contributed by atoms with van der Waals surface area (Å²) in [5.74, 6) is -1.91. The lowest BCUT2D eigenvalue weighted by atomic mass is 10.1. The molecule has 24 heavy (non-hydrogen) atoms. The van der Waals surface area contributed by atoms with E-state index in [1.54, 1.807) is 6.07 Å². The highest BCUT2D eigenvalue weighted by molar-refractivity contribution is 6.02. The normalized spacial score (nSPS) is 10.3. The number of aliphatic hydroxyl groups excluding tert-OH is 3. The van der Waals surface area contributed by atoms with Gasteiger partial charge in [0.1, 0.15) is 12.7 Å². The molecule has 0 heterocycles. The smallest absolute Gasteiger partial charge is 0.339 e. The molecular formula is C15H22O9. The van der Waals surface area contributed by atoms with E-state index < -0.39 is 24.3 Å². The Bertz CT molecular complexity index is 495. The van der Waals surface area contributed by atoms with Crippen molar-refractivity contribution in [2.24, 2.45) is 0 Å². The summed E-state index contributed by atoms with van der Waals surface area (Å²) < 4.78 is 14.6. The second-order valence-electron chi connectivity index (χ2n) is 4.37. The van der Waals surface area contributed by atoms with Gasteiger partial charge in [0.05, 0.1) is 24.3 Å². The van der Waals surface area contributed by atoms with Crippen LogP contribution in [0.15, 0.2) is 24.3 Å². The largest absolute Gasteiger partial charge is 0.478 e. The Morgan fingerprint density at radius 2 is 1.54 bits per heavy atom. The Labute approximate surface area is 139 Å². The summed E-state index contributed by atoms with van der Waals surface area (Å²) in [6.07, 6.45) is -1.63. The fourth-order valence-corrected chi connectivity index (χ4v) is 1.36. The van der Waals surface area contributed by atoms with Crippen LogP contribution in [-0.4, -0.2) is 78.8 Å². The Hall–Kier alpha value is -2.04. The van der Waals surface area contributed by atoms with E-state index in [2.05, 4.69) is 0 Å². The summed E-state index contributed by atoms with van der Waals surface area (Å²) in [7, 11) is 2.82. The quantitative estimate of drug-likeness (QED) is 0.361. The molecule has 0 aliphatic heterocycles. The number of ether oxygens (including phenoxy) is 3. The third-order valence-corrected chi connectivity index (χ3v) is 2.68. The molecule has 0 aliphatic rings. The molecule has 0 bridgehead atoms. The molecule has 0 aromatic heterocycles. The maximum Gasteiger partial charge on any atom is 0.339 e. The van der Waals surface area contributed by atoms with Gasteiger partial charge >= 0.3 is 11.9 Å². The fourth-order valence-electron chi connectivity index (χ4n) is 1.36. The van der Waals surface area contributed by atoms with Crippen molar-refractivity contribution in [3.05, 3.63) is 35.4 Å². The summed E-state index contributed by atoms with van der Waals surface area (Å²) in [6, 6.07) is 5.82. The maximum absolute atomic E-state index is 11.7. The summed E-state index contributed by atoms with van der Waals surface area (Å²) >= 11 is 0. The molecule has 0 amide bonds. The molecule has 0 unspecified atom stereocenters. The number of hydrogen-bond acceptors (Lipinski definition) is 8. The van der Waals surface area contributed by atoms with E-state index in [1.165, 1.54) is 32.4 Å². The Morgan fingerprint density at radius 3 is 1.92 bits per heavy atom. The summed E-state index contributed by atoms with van der Waals surface area (Å²) in [6.45, 7) is -0.840. The van der Waals surface area contributed by atoms with Crippen molar-refractivity contribution in [1.29, 1.82) is 0 Å². The van der Waals surface area contributed by atoms with Crippen LogP contribution in [0.5, 0.6) is 0 Å². The standard InChI is InChI=1S/C12H14O6.C3H8O3/c1-16-10(17-2)7-18-12(15)9-6-4-3-5-8(9)11(13)14;4-1-3(6)2-5/h3-6,10H,7H2,1-2H3,(H,13,14);3-6H,1-2H2. The van der Waals surface area contributed by atoms with Crippen LogP contribution in [0.3, 0.4) is 0 Å². The molecule has 0 fully saturated rings. The van der Waals surface area contributed by atoms with E-state index in [1.807, 2.05) is 0 Å². The lowest BCUT2D eigenvalue weighted by molar-refractivity contribution is -0.129. The van der Waals surface area contributed by atoms with Gasteiger partial charge < -0.3 is 34.6 Å². The monoisotopic (exact) mass is 346 g/mol. The van der Waals surface area contributed by atoms with Crippen LogP contribution in [0, 0.1) is 0 Å². The van der Waals surface area contributed by atoms with E-state index in [9.17, 15) is 9.59 Å². The first-order chi connectivity index (χ1) is 11.4. The molecule has 4 N–H and O–H groups in total. The number of esters is 1. The summed E-state index contributed by atoms with van der Waals surface area (Å²) in [5, 5.41) is 32.9. The highest BCUT2D eigenvalue weighted by Gasteiger charge is 2.18. The Kier molecular flexibility index (Phi) is 11.3. The fraction of sp³-hybridized carbons (Fsp3) is 0.467. The van der Waals surface area contributed by atoms with Gasteiger partial charge in [-0.1, -0.05) is 12.1 Å². The molecule has 0 atom stereocenters. The van der Waals surface area contributed by atoms with Crippen LogP contribution in [0.2, 0.25) is 0 Å². The molecule has 1 rings (SSSR count). The van der Waals surface area contributed by atoms with Crippen molar-refractivity contribution in [3.63, 3.8) is 0 Å². The van der Waals surface area contributed by atoms with Crippen LogP contribution in [0.1, 0.15) is 20.7 Å². The maximum atomic E-state index is 11.7. The van der Waals surface area contributed by atoms with Crippen molar-refractivity contribution in [2.75, 3.05) is 34.0 Å². The van der Waals surface area contributed by atoms with E-state index in [0.717, 1.165) is 0 Å². The average molecular weight is 346 g/mol. The minimum Gasteiger partial charge on any atom is -0.478 e. The van der Waals surface area contributed by atoms with Crippen LogP contribution in [-0.2, 0) is 14.2 Å². The van der Waals surface area contributed by atoms with E-state index in [-0.39, 0.29) is 30.9 Å². The van der Waals surface area contributed by atoms with Gasteiger partial charge in [-0.2, -0.15) is 0 Å². The van der Waals surface area contributed by atoms with Gasteiger partial charge in [-0.05, 0) is 12.1 Å². The van der Waals surface area contributed by atoms with Crippen LogP contribution in [0.4, 0.5) is 0 Å².